The van der Waals surface area contributed by atoms with Crippen LogP contribution in [-0.4, -0.2) is 24.3 Å². The van der Waals surface area contributed by atoms with Gasteiger partial charge in [0.1, 0.15) is 6.10 Å². The van der Waals surface area contributed by atoms with E-state index in [4.69, 9.17) is 14.9 Å². The van der Waals surface area contributed by atoms with E-state index in [-0.39, 0.29) is 12.5 Å². The summed E-state index contributed by atoms with van der Waals surface area (Å²) in [5.74, 6) is -0.727. The van der Waals surface area contributed by atoms with Crippen LogP contribution < -0.4 is 0 Å². The molecule has 1 N–H and O–H groups in total. The maximum atomic E-state index is 10.4. The highest BCUT2D eigenvalue weighted by molar-refractivity contribution is 5.66. The molecule has 0 aliphatic carbocycles. The highest BCUT2D eigenvalue weighted by Gasteiger charge is 2.03. The molecule has 0 aliphatic rings. The second kappa shape index (κ2) is 18.7. The van der Waals surface area contributed by atoms with Gasteiger partial charge in [-0.25, -0.2) is 9.78 Å². The van der Waals surface area contributed by atoms with Gasteiger partial charge in [-0.15, -0.1) is 0 Å². The van der Waals surface area contributed by atoms with E-state index in [9.17, 15) is 4.79 Å². The zero-order valence-corrected chi connectivity index (χ0v) is 15.7. The van der Waals surface area contributed by atoms with Crippen molar-refractivity contribution in [3.63, 3.8) is 0 Å². The lowest BCUT2D eigenvalue weighted by Gasteiger charge is -2.10. The summed E-state index contributed by atoms with van der Waals surface area (Å²) in [6.45, 7) is 2.19. The maximum absolute atomic E-state index is 10.4. The predicted octanol–water partition coefficient (Wildman–Crippen LogP) is 5.77. The largest absolute Gasteiger partial charge is 0.481 e. The molecule has 0 saturated carbocycles. The number of allylic oxidation sites excluding steroid dienone is 7. The van der Waals surface area contributed by atoms with Crippen molar-refractivity contribution >= 4 is 5.97 Å². The maximum Gasteiger partial charge on any atom is 0.303 e. The lowest BCUT2D eigenvalue weighted by molar-refractivity contribution is -0.294. The normalized spacial score (nSPS) is 13.7. The Labute approximate surface area is 152 Å². The Bertz CT molecular complexity index is 422. The Morgan fingerprint density at radius 3 is 2.40 bits per heavy atom. The SMILES string of the molecule is CCCCCC(C=CC=CCC=CCC=CCCCC(=O)O)OOC. The minimum atomic E-state index is -0.727. The minimum absolute atomic E-state index is 0.0167. The number of carbonyl (C=O) groups is 1. The van der Waals surface area contributed by atoms with E-state index in [1.807, 2.05) is 24.3 Å². The molecule has 142 valence electrons. The van der Waals surface area contributed by atoms with Crippen LogP contribution in [0, 0.1) is 0 Å². The second-order valence-corrected chi connectivity index (χ2v) is 5.81. The number of rotatable bonds is 16. The van der Waals surface area contributed by atoms with Gasteiger partial charge in [0, 0.05) is 6.42 Å². The summed E-state index contributed by atoms with van der Waals surface area (Å²) in [5.41, 5.74) is 0. The van der Waals surface area contributed by atoms with Crippen molar-refractivity contribution < 1.29 is 19.7 Å². The van der Waals surface area contributed by atoms with Gasteiger partial charge in [-0.1, -0.05) is 74.8 Å². The predicted molar refractivity (Wildman–Crippen MR) is 103 cm³/mol. The molecule has 0 radical (unpaired) electrons. The van der Waals surface area contributed by atoms with Gasteiger partial charge in [-0.05, 0) is 32.1 Å². The number of carboxylic acid groups (broad SMARTS) is 1. The third kappa shape index (κ3) is 18.5. The Hall–Kier alpha value is -1.65. The first-order valence-corrected chi connectivity index (χ1v) is 9.25. The van der Waals surface area contributed by atoms with E-state index in [0.717, 1.165) is 32.1 Å². The van der Waals surface area contributed by atoms with Crippen molar-refractivity contribution in [3.8, 4) is 0 Å². The molecular weight excluding hydrogens is 316 g/mol. The highest BCUT2D eigenvalue weighted by atomic mass is 17.2. The molecular formula is C21H34O4. The van der Waals surface area contributed by atoms with Crippen molar-refractivity contribution in [1.82, 2.24) is 0 Å². The van der Waals surface area contributed by atoms with Crippen molar-refractivity contribution in [2.75, 3.05) is 7.11 Å². The van der Waals surface area contributed by atoms with E-state index in [1.54, 1.807) is 7.11 Å². The molecule has 1 atom stereocenters. The monoisotopic (exact) mass is 350 g/mol. The summed E-state index contributed by atoms with van der Waals surface area (Å²) in [5, 5.41) is 8.52. The Balaban J connectivity index is 3.79. The Morgan fingerprint density at radius 1 is 1.00 bits per heavy atom. The summed E-state index contributed by atoms with van der Waals surface area (Å²) in [6, 6.07) is 0. The summed E-state index contributed by atoms with van der Waals surface area (Å²) in [7, 11) is 1.54. The van der Waals surface area contributed by atoms with Crippen molar-refractivity contribution in [2.45, 2.75) is 70.8 Å². The van der Waals surface area contributed by atoms with E-state index >= 15 is 0 Å². The minimum Gasteiger partial charge on any atom is -0.481 e. The fourth-order valence-corrected chi connectivity index (χ4v) is 2.18. The third-order valence-electron chi connectivity index (χ3n) is 3.52. The average Bonchev–Trinajstić information content (AvgIpc) is 2.58. The zero-order valence-electron chi connectivity index (χ0n) is 15.7. The van der Waals surface area contributed by atoms with Crippen molar-refractivity contribution in [3.05, 3.63) is 48.6 Å². The molecule has 0 spiro atoms. The van der Waals surface area contributed by atoms with Gasteiger partial charge < -0.3 is 5.11 Å². The Kier molecular flexibility index (Phi) is 17.5. The molecule has 4 heteroatoms. The van der Waals surface area contributed by atoms with Crippen LogP contribution in [0.25, 0.3) is 0 Å². The lowest BCUT2D eigenvalue weighted by Crippen LogP contribution is -2.08. The molecule has 0 saturated heterocycles. The number of hydrogen-bond acceptors (Lipinski definition) is 3. The van der Waals surface area contributed by atoms with Gasteiger partial charge in [-0.2, -0.15) is 0 Å². The summed E-state index contributed by atoms with van der Waals surface area (Å²) in [4.78, 5) is 20.4. The zero-order chi connectivity index (χ0) is 18.6. The van der Waals surface area contributed by atoms with E-state index in [1.165, 1.54) is 12.8 Å². The summed E-state index contributed by atoms with van der Waals surface area (Å²) in [6.07, 6.45) is 24.6. The number of aliphatic carboxylic acids is 1. The molecule has 25 heavy (non-hydrogen) atoms. The standard InChI is InChI=1S/C21H34O4/c1-3-4-14-17-20(25-24-2)18-15-12-10-8-6-5-7-9-11-13-16-19-21(22)23/h5-6,9-12,15,18,20H,3-4,7-8,13-14,16-17,19H2,1-2H3,(H,22,23). The highest BCUT2D eigenvalue weighted by Crippen LogP contribution is 2.08. The van der Waals surface area contributed by atoms with Crippen LogP contribution in [0.2, 0.25) is 0 Å². The first kappa shape index (κ1) is 23.4. The summed E-state index contributed by atoms with van der Waals surface area (Å²) < 4.78 is 0. The van der Waals surface area contributed by atoms with Gasteiger partial charge in [0.15, 0.2) is 0 Å². The molecule has 1 unspecified atom stereocenters. The van der Waals surface area contributed by atoms with E-state index in [0.29, 0.717) is 6.42 Å². The molecule has 0 aromatic carbocycles. The van der Waals surface area contributed by atoms with Crippen LogP contribution in [0.3, 0.4) is 0 Å². The number of carboxylic acids is 1. The van der Waals surface area contributed by atoms with Crippen LogP contribution in [0.4, 0.5) is 0 Å². The third-order valence-corrected chi connectivity index (χ3v) is 3.52. The molecule has 0 rings (SSSR count). The molecule has 0 fully saturated rings. The van der Waals surface area contributed by atoms with Crippen LogP contribution in [0.5, 0.6) is 0 Å². The first-order valence-electron chi connectivity index (χ1n) is 9.25. The first-order chi connectivity index (χ1) is 12.2. The van der Waals surface area contributed by atoms with E-state index in [2.05, 4.69) is 31.2 Å². The molecule has 0 aromatic rings. The fraction of sp³-hybridized carbons (Fsp3) is 0.571. The van der Waals surface area contributed by atoms with Crippen LogP contribution >= 0.6 is 0 Å². The van der Waals surface area contributed by atoms with Gasteiger partial charge >= 0.3 is 5.97 Å². The van der Waals surface area contributed by atoms with Crippen molar-refractivity contribution in [1.29, 1.82) is 0 Å². The van der Waals surface area contributed by atoms with Crippen molar-refractivity contribution in [2.24, 2.45) is 0 Å². The van der Waals surface area contributed by atoms with Crippen LogP contribution in [-0.2, 0) is 14.6 Å². The lowest BCUT2D eigenvalue weighted by atomic mass is 10.1. The van der Waals surface area contributed by atoms with Gasteiger partial charge in [0.25, 0.3) is 0 Å². The summed E-state index contributed by atoms with van der Waals surface area (Å²) >= 11 is 0. The van der Waals surface area contributed by atoms with E-state index < -0.39 is 5.97 Å². The smallest absolute Gasteiger partial charge is 0.303 e. The van der Waals surface area contributed by atoms with Gasteiger partial charge in [0.05, 0.1) is 7.11 Å². The average molecular weight is 350 g/mol. The van der Waals surface area contributed by atoms with Gasteiger partial charge in [0.2, 0.25) is 0 Å². The second-order valence-electron chi connectivity index (χ2n) is 5.81. The Morgan fingerprint density at radius 2 is 1.72 bits per heavy atom. The topological polar surface area (TPSA) is 55.8 Å². The van der Waals surface area contributed by atoms with Crippen LogP contribution in [0.1, 0.15) is 64.7 Å². The molecule has 0 aromatic heterocycles. The fourth-order valence-electron chi connectivity index (χ4n) is 2.18. The molecule has 0 bridgehead atoms. The molecule has 0 heterocycles. The molecule has 0 amide bonds. The molecule has 4 nitrogen and oxygen atoms in total. The number of hydrogen-bond donors (Lipinski definition) is 1. The quantitative estimate of drug-likeness (QED) is 0.126. The molecule has 0 aliphatic heterocycles. The van der Waals surface area contributed by atoms with Crippen LogP contribution in [0.15, 0.2) is 48.6 Å². The van der Waals surface area contributed by atoms with Gasteiger partial charge in [-0.3, -0.25) is 4.79 Å². The number of unbranched alkanes of at least 4 members (excludes halogenated alkanes) is 3.